The Kier molecular flexibility index (Phi) is 4.22. The molecule has 0 amide bonds. The molecule has 1 heterocycles. The summed E-state index contributed by atoms with van der Waals surface area (Å²) in [5, 5.41) is 0.0645. The zero-order valence-electron chi connectivity index (χ0n) is 10.2. The van der Waals surface area contributed by atoms with Crippen LogP contribution in [0.2, 0.25) is 5.02 Å². The van der Waals surface area contributed by atoms with Gasteiger partial charge in [0.2, 0.25) is 10.0 Å². The van der Waals surface area contributed by atoms with Crippen molar-refractivity contribution < 1.29 is 12.8 Å². The number of benzene rings is 1. The third kappa shape index (κ3) is 3.44. The number of pyridine rings is 1. The van der Waals surface area contributed by atoms with Crippen LogP contribution in [0.3, 0.4) is 0 Å². The molecule has 0 unspecified atom stereocenters. The molecule has 0 saturated heterocycles. The molecule has 1 aromatic heterocycles. The predicted octanol–water partition coefficient (Wildman–Crippen LogP) is 1.93. The molecule has 0 aliphatic rings. The Hall–Kier alpha value is -1.70. The zero-order valence-corrected chi connectivity index (χ0v) is 11.7. The Morgan fingerprint density at radius 1 is 1.30 bits per heavy atom. The molecule has 0 fully saturated rings. The van der Waals surface area contributed by atoms with Crippen LogP contribution in [0, 0.1) is 5.82 Å². The van der Waals surface area contributed by atoms with E-state index in [2.05, 4.69) is 9.71 Å². The Morgan fingerprint density at radius 2 is 1.95 bits per heavy atom. The van der Waals surface area contributed by atoms with Gasteiger partial charge in [-0.25, -0.2) is 22.5 Å². The second-order valence-corrected chi connectivity index (χ2v) is 6.16. The van der Waals surface area contributed by atoms with Gasteiger partial charge in [-0.15, -0.1) is 0 Å². The molecule has 2 rings (SSSR count). The third-order valence-corrected chi connectivity index (χ3v) is 4.21. The van der Waals surface area contributed by atoms with E-state index in [0.29, 0.717) is 5.56 Å². The van der Waals surface area contributed by atoms with Crippen molar-refractivity contribution >= 4 is 27.4 Å². The van der Waals surface area contributed by atoms with Gasteiger partial charge in [0.1, 0.15) is 16.5 Å². The molecular weight excluding hydrogens is 305 g/mol. The predicted molar refractivity (Wildman–Crippen MR) is 74.1 cm³/mol. The van der Waals surface area contributed by atoms with Crippen molar-refractivity contribution in [2.24, 2.45) is 0 Å². The van der Waals surface area contributed by atoms with Crippen molar-refractivity contribution in [1.29, 1.82) is 0 Å². The largest absolute Gasteiger partial charge is 0.382 e. The minimum absolute atomic E-state index is 0.0324. The van der Waals surface area contributed by atoms with E-state index in [4.69, 9.17) is 17.3 Å². The average molecular weight is 316 g/mol. The first-order chi connectivity index (χ1) is 9.38. The highest BCUT2D eigenvalue weighted by molar-refractivity contribution is 7.89. The van der Waals surface area contributed by atoms with E-state index in [1.54, 1.807) is 0 Å². The number of nitrogens with two attached hydrogens (primary N) is 1. The summed E-state index contributed by atoms with van der Waals surface area (Å²) in [4.78, 5) is 3.60. The maximum atomic E-state index is 12.7. The van der Waals surface area contributed by atoms with E-state index in [9.17, 15) is 12.8 Å². The van der Waals surface area contributed by atoms with Gasteiger partial charge in [0.15, 0.2) is 0 Å². The van der Waals surface area contributed by atoms with Gasteiger partial charge < -0.3 is 5.73 Å². The molecule has 0 spiro atoms. The molecule has 0 saturated carbocycles. The maximum absolute atomic E-state index is 12.7. The van der Waals surface area contributed by atoms with Crippen molar-refractivity contribution in [3.63, 3.8) is 0 Å². The number of hydrogen-bond donors (Lipinski definition) is 2. The summed E-state index contributed by atoms with van der Waals surface area (Å²) in [6, 6.07) is 6.71. The Bertz CT molecular complexity index is 720. The smallest absolute Gasteiger partial charge is 0.242 e. The first-order valence-corrected chi connectivity index (χ1v) is 7.40. The molecule has 0 aliphatic heterocycles. The van der Waals surface area contributed by atoms with Crippen molar-refractivity contribution in [2.75, 3.05) is 5.73 Å². The van der Waals surface area contributed by atoms with Gasteiger partial charge >= 0.3 is 0 Å². The molecule has 0 aliphatic carbocycles. The Labute approximate surface area is 120 Å². The first-order valence-electron chi connectivity index (χ1n) is 5.53. The van der Waals surface area contributed by atoms with Crippen molar-refractivity contribution in [3.8, 4) is 0 Å². The molecule has 3 N–H and O–H groups in total. The summed E-state index contributed by atoms with van der Waals surface area (Å²) in [5.74, 6) is -0.324. The summed E-state index contributed by atoms with van der Waals surface area (Å²) in [5.41, 5.74) is 6.05. The minimum Gasteiger partial charge on any atom is -0.382 e. The van der Waals surface area contributed by atoms with Gasteiger partial charge in [-0.2, -0.15) is 0 Å². The second-order valence-electron chi connectivity index (χ2n) is 3.99. The fourth-order valence-corrected chi connectivity index (χ4v) is 2.66. The van der Waals surface area contributed by atoms with Crippen LogP contribution in [-0.2, 0) is 16.6 Å². The fourth-order valence-electron chi connectivity index (χ4n) is 1.44. The summed E-state index contributed by atoms with van der Waals surface area (Å²) in [6.07, 6.45) is 1.12. The van der Waals surface area contributed by atoms with Gasteiger partial charge in [-0.1, -0.05) is 23.7 Å². The van der Waals surface area contributed by atoms with Gasteiger partial charge in [0, 0.05) is 12.7 Å². The molecule has 0 bridgehead atoms. The number of sulfonamides is 1. The van der Waals surface area contributed by atoms with Crippen LogP contribution in [0.25, 0.3) is 0 Å². The van der Waals surface area contributed by atoms with Crippen molar-refractivity contribution in [1.82, 2.24) is 9.71 Å². The Morgan fingerprint density at radius 3 is 2.55 bits per heavy atom. The van der Waals surface area contributed by atoms with E-state index in [-0.39, 0.29) is 28.1 Å². The highest BCUT2D eigenvalue weighted by Crippen LogP contribution is 2.19. The highest BCUT2D eigenvalue weighted by atomic mass is 35.5. The van der Waals surface area contributed by atoms with Crippen LogP contribution in [0.15, 0.2) is 41.4 Å². The molecule has 1 aromatic carbocycles. The normalized spacial score (nSPS) is 11.5. The van der Waals surface area contributed by atoms with Gasteiger partial charge in [0.25, 0.3) is 0 Å². The van der Waals surface area contributed by atoms with Gasteiger partial charge in [-0.05, 0) is 23.8 Å². The number of nitrogens with zero attached hydrogens (tertiary/aromatic N) is 1. The van der Waals surface area contributed by atoms with Crippen molar-refractivity contribution in [2.45, 2.75) is 11.4 Å². The van der Waals surface area contributed by atoms with E-state index < -0.39 is 10.0 Å². The minimum atomic E-state index is -3.75. The second kappa shape index (κ2) is 5.74. The number of anilines is 1. The fraction of sp³-hybridized carbons (Fsp3) is 0.0833. The summed E-state index contributed by atoms with van der Waals surface area (Å²) in [7, 11) is -3.75. The molecule has 5 nitrogen and oxygen atoms in total. The van der Waals surface area contributed by atoms with Crippen LogP contribution in [-0.4, -0.2) is 13.4 Å². The monoisotopic (exact) mass is 315 g/mol. The van der Waals surface area contributed by atoms with Gasteiger partial charge in [-0.3, -0.25) is 0 Å². The molecular formula is C12H11ClFN3O2S. The van der Waals surface area contributed by atoms with E-state index in [1.807, 2.05) is 0 Å². The standard InChI is InChI=1S/C12H11ClFN3O2S/c13-11-5-10(7-16-12(11)15)20(18,19)17-6-8-1-3-9(14)4-2-8/h1-5,7,17H,6H2,(H2,15,16). The molecule has 8 heteroatoms. The average Bonchev–Trinajstić information content (AvgIpc) is 2.41. The SMILES string of the molecule is Nc1ncc(S(=O)(=O)NCc2ccc(F)cc2)cc1Cl. The number of halogens is 2. The zero-order chi connectivity index (χ0) is 14.8. The quantitative estimate of drug-likeness (QED) is 0.903. The molecule has 106 valence electrons. The van der Waals surface area contributed by atoms with Crippen LogP contribution in [0.1, 0.15) is 5.56 Å². The number of nitrogens with one attached hydrogen (secondary N) is 1. The van der Waals surface area contributed by atoms with Crippen LogP contribution in [0.4, 0.5) is 10.2 Å². The van der Waals surface area contributed by atoms with Crippen LogP contribution >= 0.6 is 11.6 Å². The topological polar surface area (TPSA) is 85.1 Å². The third-order valence-electron chi connectivity index (χ3n) is 2.53. The number of aromatic nitrogens is 1. The van der Waals surface area contributed by atoms with E-state index >= 15 is 0 Å². The Balaban J connectivity index is 2.14. The highest BCUT2D eigenvalue weighted by Gasteiger charge is 2.15. The van der Waals surface area contributed by atoms with Crippen molar-refractivity contribution in [3.05, 3.63) is 52.9 Å². The molecule has 0 atom stereocenters. The van der Waals surface area contributed by atoms with E-state index in [0.717, 1.165) is 6.20 Å². The summed E-state index contributed by atoms with van der Waals surface area (Å²) >= 11 is 5.73. The molecule has 2 aromatic rings. The molecule has 20 heavy (non-hydrogen) atoms. The lowest BCUT2D eigenvalue weighted by molar-refractivity contribution is 0.581. The first kappa shape index (κ1) is 14.7. The van der Waals surface area contributed by atoms with Gasteiger partial charge in [0.05, 0.1) is 5.02 Å². The summed E-state index contributed by atoms with van der Waals surface area (Å²) in [6.45, 7) is 0.0324. The lowest BCUT2D eigenvalue weighted by atomic mass is 10.2. The molecule has 0 radical (unpaired) electrons. The number of hydrogen-bond acceptors (Lipinski definition) is 4. The van der Waals surface area contributed by atoms with Crippen LogP contribution < -0.4 is 10.5 Å². The maximum Gasteiger partial charge on any atom is 0.242 e. The lowest BCUT2D eigenvalue weighted by Gasteiger charge is -2.07. The van der Waals surface area contributed by atoms with Crippen LogP contribution in [0.5, 0.6) is 0 Å². The number of nitrogen functional groups attached to an aromatic ring is 1. The lowest BCUT2D eigenvalue weighted by Crippen LogP contribution is -2.23. The number of rotatable bonds is 4. The summed E-state index contributed by atoms with van der Waals surface area (Å²) < 4.78 is 39.1. The van der Waals surface area contributed by atoms with E-state index in [1.165, 1.54) is 30.3 Å².